The molecule has 0 aliphatic carbocycles. The summed E-state index contributed by atoms with van der Waals surface area (Å²) < 4.78 is 11.2. The number of amides is 1. The van der Waals surface area contributed by atoms with Gasteiger partial charge in [0.05, 0.1) is 13.2 Å². The SMILES string of the molecule is C=CCOCC1CCN(C(=O)c2ccc(OCCCC)cc2)CC1. The Labute approximate surface area is 145 Å². The second kappa shape index (κ2) is 10.1. The Morgan fingerprint density at radius 2 is 2.00 bits per heavy atom. The van der Waals surface area contributed by atoms with Crippen LogP contribution in [0.3, 0.4) is 0 Å². The molecule has 2 rings (SSSR count). The molecule has 1 aromatic rings. The predicted octanol–water partition coefficient (Wildman–Crippen LogP) is 3.92. The van der Waals surface area contributed by atoms with Gasteiger partial charge in [0.15, 0.2) is 0 Å². The minimum Gasteiger partial charge on any atom is -0.494 e. The number of likely N-dealkylation sites (tertiary alicyclic amines) is 1. The quantitative estimate of drug-likeness (QED) is 0.508. The maximum absolute atomic E-state index is 12.6. The summed E-state index contributed by atoms with van der Waals surface area (Å²) in [7, 11) is 0. The summed E-state index contributed by atoms with van der Waals surface area (Å²) in [5, 5.41) is 0. The van der Waals surface area contributed by atoms with Crippen LogP contribution in [0.25, 0.3) is 0 Å². The van der Waals surface area contributed by atoms with Crippen molar-refractivity contribution in [3.05, 3.63) is 42.5 Å². The number of carbonyl (C=O) groups is 1. The first-order valence-electron chi connectivity index (χ1n) is 8.95. The van der Waals surface area contributed by atoms with Gasteiger partial charge in [0.25, 0.3) is 5.91 Å². The van der Waals surface area contributed by atoms with E-state index in [1.165, 1.54) is 0 Å². The van der Waals surface area contributed by atoms with Gasteiger partial charge in [0, 0.05) is 25.3 Å². The summed E-state index contributed by atoms with van der Waals surface area (Å²) in [6.07, 6.45) is 5.94. The Kier molecular flexibility index (Phi) is 7.83. The van der Waals surface area contributed by atoms with Crippen molar-refractivity contribution in [3.8, 4) is 5.75 Å². The Morgan fingerprint density at radius 1 is 1.29 bits per heavy atom. The van der Waals surface area contributed by atoms with Crippen LogP contribution in [-0.4, -0.2) is 43.7 Å². The number of piperidine rings is 1. The third-order valence-corrected chi connectivity index (χ3v) is 4.36. The van der Waals surface area contributed by atoms with Crippen LogP contribution >= 0.6 is 0 Å². The zero-order chi connectivity index (χ0) is 17.2. The Hall–Kier alpha value is -1.81. The molecular weight excluding hydrogens is 302 g/mol. The molecule has 1 aromatic carbocycles. The molecule has 4 nitrogen and oxygen atoms in total. The zero-order valence-electron chi connectivity index (χ0n) is 14.7. The molecule has 132 valence electrons. The first kappa shape index (κ1) is 18.5. The van der Waals surface area contributed by atoms with E-state index in [1.54, 1.807) is 6.08 Å². The van der Waals surface area contributed by atoms with Crippen molar-refractivity contribution in [2.24, 2.45) is 5.92 Å². The summed E-state index contributed by atoms with van der Waals surface area (Å²) in [6, 6.07) is 7.50. The third-order valence-electron chi connectivity index (χ3n) is 4.36. The van der Waals surface area contributed by atoms with Gasteiger partial charge in [-0.15, -0.1) is 6.58 Å². The minimum atomic E-state index is 0.112. The number of ether oxygens (including phenoxy) is 2. The summed E-state index contributed by atoms with van der Waals surface area (Å²) >= 11 is 0. The van der Waals surface area contributed by atoms with Gasteiger partial charge >= 0.3 is 0 Å². The van der Waals surface area contributed by atoms with Crippen LogP contribution in [-0.2, 0) is 4.74 Å². The highest BCUT2D eigenvalue weighted by molar-refractivity contribution is 5.94. The predicted molar refractivity (Wildman–Crippen MR) is 96.5 cm³/mol. The number of carbonyl (C=O) groups excluding carboxylic acids is 1. The number of hydrogen-bond acceptors (Lipinski definition) is 3. The highest BCUT2D eigenvalue weighted by atomic mass is 16.5. The van der Waals surface area contributed by atoms with Crippen molar-refractivity contribution < 1.29 is 14.3 Å². The van der Waals surface area contributed by atoms with E-state index in [9.17, 15) is 4.79 Å². The van der Waals surface area contributed by atoms with Gasteiger partial charge in [-0.3, -0.25) is 4.79 Å². The molecule has 0 atom stereocenters. The highest BCUT2D eigenvalue weighted by Gasteiger charge is 2.23. The van der Waals surface area contributed by atoms with Crippen molar-refractivity contribution in [1.82, 2.24) is 4.90 Å². The summed E-state index contributed by atoms with van der Waals surface area (Å²) in [6.45, 7) is 9.49. The highest BCUT2D eigenvalue weighted by Crippen LogP contribution is 2.20. The average Bonchev–Trinajstić information content (AvgIpc) is 2.63. The monoisotopic (exact) mass is 331 g/mol. The number of nitrogens with zero attached hydrogens (tertiary/aromatic N) is 1. The number of rotatable bonds is 9. The minimum absolute atomic E-state index is 0.112. The fourth-order valence-corrected chi connectivity index (χ4v) is 2.83. The molecular formula is C20H29NO3. The molecule has 0 saturated carbocycles. The summed E-state index contributed by atoms with van der Waals surface area (Å²) in [5.41, 5.74) is 0.735. The van der Waals surface area contributed by atoms with Crippen molar-refractivity contribution >= 4 is 5.91 Å². The molecule has 1 aliphatic rings. The molecule has 1 aliphatic heterocycles. The van der Waals surface area contributed by atoms with Gasteiger partial charge in [-0.1, -0.05) is 19.4 Å². The van der Waals surface area contributed by atoms with Crippen LogP contribution in [0.4, 0.5) is 0 Å². The van der Waals surface area contributed by atoms with Crippen molar-refractivity contribution in [2.75, 3.05) is 32.9 Å². The van der Waals surface area contributed by atoms with Crippen LogP contribution in [0.15, 0.2) is 36.9 Å². The largest absolute Gasteiger partial charge is 0.494 e. The van der Waals surface area contributed by atoms with Gasteiger partial charge in [0.1, 0.15) is 5.75 Å². The molecule has 0 aromatic heterocycles. The second-order valence-electron chi connectivity index (χ2n) is 6.29. The average molecular weight is 331 g/mol. The molecule has 1 fully saturated rings. The van der Waals surface area contributed by atoms with Crippen molar-refractivity contribution in [1.29, 1.82) is 0 Å². The molecule has 1 amide bonds. The van der Waals surface area contributed by atoms with Crippen LogP contribution < -0.4 is 4.74 Å². The lowest BCUT2D eigenvalue weighted by Gasteiger charge is -2.32. The van der Waals surface area contributed by atoms with E-state index in [1.807, 2.05) is 29.2 Å². The molecule has 0 bridgehead atoms. The number of hydrogen-bond donors (Lipinski definition) is 0. The summed E-state index contributed by atoms with van der Waals surface area (Å²) in [4.78, 5) is 14.5. The van der Waals surface area contributed by atoms with Crippen LogP contribution in [0.2, 0.25) is 0 Å². The van der Waals surface area contributed by atoms with E-state index in [-0.39, 0.29) is 5.91 Å². The van der Waals surface area contributed by atoms with E-state index in [0.29, 0.717) is 12.5 Å². The fraction of sp³-hybridized carbons (Fsp3) is 0.550. The van der Waals surface area contributed by atoms with Gasteiger partial charge in [-0.2, -0.15) is 0 Å². The van der Waals surface area contributed by atoms with E-state index < -0.39 is 0 Å². The first-order chi connectivity index (χ1) is 11.7. The van der Waals surface area contributed by atoms with Crippen molar-refractivity contribution in [3.63, 3.8) is 0 Å². The van der Waals surface area contributed by atoms with E-state index in [2.05, 4.69) is 13.5 Å². The standard InChI is InChI=1S/C20H29NO3/c1-3-5-15-24-19-8-6-18(7-9-19)20(22)21-12-10-17(11-13-21)16-23-14-4-2/h4,6-9,17H,2-3,5,10-16H2,1H3. The van der Waals surface area contributed by atoms with E-state index in [4.69, 9.17) is 9.47 Å². The molecule has 0 N–H and O–H groups in total. The van der Waals surface area contributed by atoms with Gasteiger partial charge < -0.3 is 14.4 Å². The van der Waals surface area contributed by atoms with Crippen LogP contribution in [0.5, 0.6) is 5.75 Å². The van der Waals surface area contributed by atoms with Gasteiger partial charge in [0.2, 0.25) is 0 Å². The molecule has 0 radical (unpaired) electrons. The lowest BCUT2D eigenvalue weighted by molar-refractivity contribution is 0.0575. The van der Waals surface area contributed by atoms with Crippen molar-refractivity contribution in [2.45, 2.75) is 32.6 Å². The first-order valence-corrected chi connectivity index (χ1v) is 8.95. The number of unbranched alkanes of at least 4 members (excludes halogenated alkanes) is 1. The maximum atomic E-state index is 12.6. The molecule has 1 heterocycles. The van der Waals surface area contributed by atoms with E-state index >= 15 is 0 Å². The molecule has 1 saturated heterocycles. The number of benzene rings is 1. The fourth-order valence-electron chi connectivity index (χ4n) is 2.83. The summed E-state index contributed by atoms with van der Waals surface area (Å²) in [5.74, 6) is 1.49. The Balaban J connectivity index is 1.78. The topological polar surface area (TPSA) is 38.8 Å². The Morgan fingerprint density at radius 3 is 2.62 bits per heavy atom. The zero-order valence-corrected chi connectivity index (χ0v) is 14.7. The lowest BCUT2D eigenvalue weighted by Crippen LogP contribution is -2.39. The molecule has 24 heavy (non-hydrogen) atoms. The second-order valence-corrected chi connectivity index (χ2v) is 6.29. The smallest absolute Gasteiger partial charge is 0.253 e. The van der Waals surface area contributed by atoms with E-state index in [0.717, 1.165) is 63.3 Å². The third kappa shape index (κ3) is 5.68. The van der Waals surface area contributed by atoms with Gasteiger partial charge in [-0.25, -0.2) is 0 Å². The van der Waals surface area contributed by atoms with Crippen LogP contribution in [0, 0.1) is 5.92 Å². The normalized spacial score (nSPS) is 15.3. The lowest BCUT2D eigenvalue weighted by atomic mass is 9.97. The Bertz CT molecular complexity index is 504. The molecule has 4 heteroatoms. The van der Waals surface area contributed by atoms with Gasteiger partial charge in [-0.05, 0) is 49.4 Å². The molecule has 0 unspecified atom stereocenters. The van der Waals surface area contributed by atoms with Crippen LogP contribution in [0.1, 0.15) is 43.0 Å². The maximum Gasteiger partial charge on any atom is 0.253 e. The molecule has 0 spiro atoms.